The van der Waals surface area contributed by atoms with E-state index in [2.05, 4.69) is 6.07 Å². The van der Waals surface area contributed by atoms with Crippen LogP contribution in [0, 0.1) is 0 Å². The minimum absolute atomic E-state index is 0.0242. The Bertz CT molecular complexity index is 514. The number of benzene rings is 1. The molecule has 1 aliphatic heterocycles. The molecule has 0 radical (unpaired) electrons. The van der Waals surface area contributed by atoms with Gasteiger partial charge in [0.1, 0.15) is 0 Å². The quantitative estimate of drug-likeness (QED) is 0.822. The van der Waals surface area contributed by atoms with Gasteiger partial charge in [0.15, 0.2) is 0 Å². The zero-order valence-corrected chi connectivity index (χ0v) is 11.0. The predicted molar refractivity (Wildman–Crippen MR) is 74.4 cm³/mol. The number of carbonyl (C=O) groups excluding carboxylic acids is 1. The van der Waals surface area contributed by atoms with Crippen LogP contribution in [0.2, 0.25) is 0 Å². The lowest BCUT2D eigenvalue weighted by molar-refractivity contribution is -0.133. The highest BCUT2D eigenvalue weighted by molar-refractivity contribution is 7.80. The van der Waals surface area contributed by atoms with Crippen molar-refractivity contribution in [3.8, 4) is 0 Å². The minimum atomic E-state index is -0.0275. The van der Waals surface area contributed by atoms with E-state index in [9.17, 15) is 4.79 Å². The Balaban J connectivity index is 1.79. The molecular weight excluding hydrogens is 244 g/mol. The summed E-state index contributed by atoms with van der Waals surface area (Å²) in [5, 5.41) is 0. The topological polar surface area (TPSA) is 46.3 Å². The van der Waals surface area contributed by atoms with Gasteiger partial charge in [0, 0.05) is 6.54 Å². The van der Waals surface area contributed by atoms with Crippen LogP contribution < -0.4 is 5.73 Å². The smallest absolute Gasteiger partial charge is 0.231 e. The average molecular weight is 260 g/mol. The van der Waals surface area contributed by atoms with Crippen molar-refractivity contribution in [3.63, 3.8) is 0 Å². The van der Waals surface area contributed by atoms with Gasteiger partial charge in [-0.05, 0) is 30.4 Å². The Hall–Kier alpha value is -1.42. The maximum atomic E-state index is 12.5. The number of nitrogens with zero attached hydrogens (tertiary/aromatic N) is 1. The van der Waals surface area contributed by atoms with E-state index >= 15 is 0 Å². The summed E-state index contributed by atoms with van der Waals surface area (Å²) in [5.74, 6) is 0.222. The summed E-state index contributed by atoms with van der Waals surface area (Å²) in [6.45, 7) is 0.791. The standard InChI is InChI=1S/C14H16N2OS/c15-13(18)12-6-3-7-16(12)14(17)11-8-9-4-1-2-5-10(9)11/h1-2,4-5,11-12H,3,6-8H2,(H2,15,18). The molecule has 3 nitrogen and oxygen atoms in total. The second-order valence-corrected chi connectivity index (χ2v) is 5.52. The maximum Gasteiger partial charge on any atom is 0.231 e. The fourth-order valence-electron chi connectivity index (χ4n) is 3.01. The minimum Gasteiger partial charge on any atom is -0.392 e. The molecule has 4 heteroatoms. The largest absolute Gasteiger partial charge is 0.392 e. The molecule has 1 aliphatic carbocycles. The van der Waals surface area contributed by atoms with Gasteiger partial charge in [0.25, 0.3) is 0 Å². The van der Waals surface area contributed by atoms with Gasteiger partial charge in [-0.2, -0.15) is 0 Å². The molecule has 1 fully saturated rings. The number of fused-ring (bicyclic) bond motifs is 1. The molecule has 2 aliphatic rings. The highest BCUT2D eigenvalue weighted by atomic mass is 32.1. The molecule has 2 N–H and O–H groups in total. The van der Waals surface area contributed by atoms with Crippen LogP contribution in [0.1, 0.15) is 29.9 Å². The zero-order valence-electron chi connectivity index (χ0n) is 10.1. The number of hydrogen-bond donors (Lipinski definition) is 1. The van der Waals surface area contributed by atoms with Gasteiger partial charge < -0.3 is 10.6 Å². The highest BCUT2D eigenvalue weighted by Crippen LogP contribution is 2.37. The molecule has 1 saturated heterocycles. The molecule has 3 rings (SSSR count). The molecule has 1 aromatic rings. The van der Waals surface area contributed by atoms with Crippen molar-refractivity contribution in [2.45, 2.75) is 31.2 Å². The fraction of sp³-hybridized carbons (Fsp3) is 0.429. The van der Waals surface area contributed by atoms with E-state index in [4.69, 9.17) is 18.0 Å². The highest BCUT2D eigenvalue weighted by Gasteiger charge is 2.39. The number of thiocarbonyl (C=S) groups is 1. The molecule has 1 amide bonds. The number of nitrogens with two attached hydrogens (primary N) is 1. The third-order valence-corrected chi connectivity index (χ3v) is 4.29. The second kappa shape index (κ2) is 4.35. The molecule has 94 valence electrons. The molecule has 2 atom stereocenters. The van der Waals surface area contributed by atoms with Crippen molar-refractivity contribution in [2.24, 2.45) is 5.73 Å². The van der Waals surface area contributed by atoms with Crippen LogP contribution in [-0.4, -0.2) is 28.4 Å². The summed E-state index contributed by atoms with van der Waals surface area (Å²) in [7, 11) is 0. The van der Waals surface area contributed by atoms with E-state index in [-0.39, 0.29) is 17.9 Å². The summed E-state index contributed by atoms with van der Waals surface area (Å²) in [4.78, 5) is 14.8. The Morgan fingerprint density at radius 3 is 2.89 bits per heavy atom. The first-order valence-electron chi connectivity index (χ1n) is 6.36. The van der Waals surface area contributed by atoms with Crippen LogP contribution in [0.4, 0.5) is 0 Å². The second-order valence-electron chi connectivity index (χ2n) is 5.05. The van der Waals surface area contributed by atoms with E-state index in [0.717, 1.165) is 25.8 Å². The van der Waals surface area contributed by atoms with Crippen molar-refractivity contribution in [3.05, 3.63) is 35.4 Å². The number of amides is 1. The summed E-state index contributed by atoms with van der Waals surface area (Å²) in [6, 6.07) is 8.13. The van der Waals surface area contributed by atoms with Crippen molar-refractivity contribution < 1.29 is 4.79 Å². The van der Waals surface area contributed by atoms with Crippen molar-refractivity contribution in [1.82, 2.24) is 4.90 Å². The molecule has 0 saturated carbocycles. The molecule has 0 bridgehead atoms. The molecule has 1 aromatic carbocycles. The van der Waals surface area contributed by atoms with Crippen molar-refractivity contribution >= 4 is 23.1 Å². The van der Waals surface area contributed by atoms with Crippen LogP contribution >= 0.6 is 12.2 Å². The Labute approximate surface area is 112 Å². The van der Waals surface area contributed by atoms with E-state index in [1.165, 1.54) is 11.1 Å². The maximum absolute atomic E-state index is 12.5. The van der Waals surface area contributed by atoms with E-state index in [1.807, 2.05) is 23.1 Å². The van der Waals surface area contributed by atoms with Crippen LogP contribution in [0.25, 0.3) is 0 Å². The van der Waals surface area contributed by atoms with Crippen LogP contribution in [0.15, 0.2) is 24.3 Å². The van der Waals surface area contributed by atoms with Crippen molar-refractivity contribution in [1.29, 1.82) is 0 Å². The molecule has 2 unspecified atom stereocenters. The first kappa shape index (κ1) is 11.7. The summed E-state index contributed by atoms with van der Waals surface area (Å²) in [6.07, 6.45) is 2.77. The van der Waals surface area contributed by atoms with Crippen LogP contribution in [-0.2, 0) is 11.2 Å². The molecular formula is C14H16N2OS. The van der Waals surface area contributed by atoms with E-state index in [1.54, 1.807) is 0 Å². The predicted octanol–water partition coefficient (Wildman–Crippen LogP) is 1.60. The lowest BCUT2D eigenvalue weighted by Crippen LogP contribution is -2.46. The molecule has 0 aromatic heterocycles. The Morgan fingerprint density at radius 1 is 1.39 bits per heavy atom. The molecule has 18 heavy (non-hydrogen) atoms. The number of carbonyl (C=O) groups is 1. The van der Waals surface area contributed by atoms with Gasteiger partial charge in [0.05, 0.1) is 16.9 Å². The SMILES string of the molecule is NC(=S)C1CCCN1C(=O)C1Cc2ccccc21. The van der Waals surface area contributed by atoms with Gasteiger partial charge >= 0.3 is 0 Å². The van der Waals surface area contributed by atoms with Gasteiger partial charge in [-0.1, -0.05) is 36.5 Å². The third-order valence-electron chi connectivity index (χ3n) is 4.02. The van der Waals surface area contributed by atoms with Crippen LogP contribution in [0.3, 0.4) is 0 Å². The zero-order chi connectivity index (χ0) is 12.7. The first-order valence-corrected chi connectivity index (χ1v) is 6.77. The Kier molecular flexibility index (Phi) is 2.82. The average Bonchev–Trinajstić information content (AvgIpc) is 2.79. The van der Waals surface area contributed by atoms with Crippen molar-refractivity contribution in [2.75, 3.05) is 6.54 Å². The van der Waals surface area contributed by atoms with Crippen LogP contribution in [0.5, 0.6) is 0 Å². The summed E-state index contributed by atoms with van der Waals surface area (Å²) < 4.78 is 0. The van der Waals surface area contributed by atoms with Gasteiger partial charge in [-0.3, -0.25) is 4.79 Å². The van der Waals surface area contributed by atoms with Gasteiger partial charge in [-0.25, -0.2) is 0 Å². The normalized spacial score (nSPS) is 25.4. The fourth-order valence-corrected chi connectivity index (χ4v) is 3.25. The molecule has 1 heterocycles. The molecule has 0 spiro atoms. The first-order chi connectivity index (χ1) is 8.68. The monoisotopic (exact) mass is 260 g/mol. The number of likely N-dealkylation sites (tertiary alicyclic amines) is 1. The lowest BCUT2D eigenvalue weighted by Gasteiger charge is -2.34. The van der Waals surface area contributed by atoms with Gasteiger partial charge in [0.2, 0.25) is 5.91 Å². The Morgan fingerprint density at radius 2 is 2.17 bits per heavy atom. The lowest BCUT2D eigenvalue weighted by atomic mass is 9.77. The summed E-state index contributed by atoms with van der Waals surface area (Å²) >= 11 is 5.05. The number of hydrogen-bond acceptors (Lipinski definition) is 2. The number of rotatable bonds is 2. The van der Waals surface area contributed by atoms with E-state index in [0.29, 0.717) is 4.99 Å². The van der Waals surface area contributed by atoms with Gasteiger partial charge in [-0.15, -0.1) is 0 Å². The third kappa shape index (κ3) is 1.72. The summed E-state index contributed by atoms with van der Waals surface area (Å²) in [5.41, 5.74) is 8.19. The van der Waals surface area contributed by atoms with E-state index < -0.39 is 0 Å².